The molecule has 1 aliphatic heterocycles. The second kappa shape index (κ2) is 6.04. The molecule has 1 saturated heterocycles. The van der Waals surface area contributed by atoms with E-state index in [4.69, 9.17) is 5.26 Å². The van der Waals surface area contributed by atoms with Gasteiger partial charge in [0.1, 0.15) is 0 Å². The summed E-state index contributed by atoms with van der Waals surface area (Å²) < 4.78 is 1.11. The van der Waals surface area contributed by atoms with Crippen molar-refractivity contribution in [3.63, 3.8) is 0 Å². The van der Waals surface area contributed by atoms with E-state index >= 15 is 0 Å². The summed E-state index contributed by atoms with van der Waals surface area (Å²) in [5.74, 6) is 0. The van der Waals surface area contributed by atoms with Crippen LogP contribution in [0, 0.1) is 11.3 Å². The molecule has 1 aromatic carbocycles. The standard InChI is InChI=1S/C13H16BrN3/c14-11-3-1-5-13(9-11)17-8-2-4-12(10-17)16-7-6-15/h1,3,5,9,12,16H,2,4,7-8,10H2. The van der Waals surface area contributed by atoms with E-state index in [1.165, 1.54) is 12.1 Å². The van der Waals surface area contributed by atoms with Crippen molar-refractivity contribution in [1.29, 1.82) is 5.26 Å². The van der Waals surface area contributed by atoms with Gasteiger partial charge in [-0.15, -0.1) is 0 Å². The van der Waals surface area contributed by atoms with Gasteiger partial charge >= 0.3 is 0 Å². The maximum atomic E-state index is 8.58. The minimum Gasteiger partial charge on any atom is -0.370 e. The molecule has 0 aliphatic carbocycles. The Balaban J connectivity index is 2.00. The molecule has 0 aromatic heterocycles. The SMILES string of the molecule is N#CCNC1CCCN(c2cccc(Br)c2)C1. The fourth-order valence-electron chi connectivity index (χ4n) is 2.24. The molecule has 0 radical (unpaired) electrons. The third-order valence-electron chi connectivity index (χ3n) is 3.06. The van der Waals surface area contributed by atoms with E-state index in [0.717, 1.165) is 24.0 Å². The summed E-state index contributed by atoms with van der Waals surface area (Å²) in [4.78, 5) is 2.38. The summed E-state index contributed by atoms with van der Waals surface area (Å²) in [5, 5.41) is 11.9. The van der Waals surface area contributed by atoms with Crippen LogP contribution in [0.25, 0.3) is 0 Å². The normalized spacial score (nSPS) is 20.0. The first-order chi connectivity index (χ1) is 8.29. The van der Waals surface area contributed by atoms with Gasteiger partial charge in [-0.2, -0.15) is 5.26 Å². The number of anilines is 1. The van der Waals surface area contributed by atoms with Gasteiger partial charge < -0.3 is 4.90 Å². The lowest BCUT2D eigenvalue weighted by Crippen LogP contribution is -2.45. The van der Waals surface area contributed by atoms with Crippen molar-refractivity contribution in [1.82, 2.24) is 5.32 Å². The Morgan fingerprint density at radius 3 is 3.18 bits per heavy atom. The van der Waals surface area contributed by atoms with Crippen LogP contribution in [0.4, 0.5) is 5.69 Å². The van der Waals surface area contributed by atoms with E-state index in [-0.39, 0.29) is 0 Å². The first-order valence-electron chi connectivity index (χ1n) is 5.90. The lowest BCUT2D eigenvalue weighted by atomic mass is 10.0. The summed E-state index contributed by atoms with van der Waals surface area (Å²) in [5.41, 5.74) is 1.25. The summed E-state index contributed by atoms with van der Waals surface area (Å²) in [6, 6.07) is 11.0. The van der Waals surface area contributed by atoms with Crippen molar-refractivity contribution in [3.8, 4) is 6.07 Å². The molecule has 0 spiro atoms. The summed E-state index contributed by atoms with van der Waals surface area (Å²) >= 11 is 3.50. The van der Waals surface area contributed by atoms with Gasteiger partial charge in [-0.1, -0.05) is 22.0 Å². The number of piperidine rings is 1. The molecule has 1 heterocycles. The van der Waals surface area contributed by atoms with Crippen LogP contribution in [0.3, 0.4) is 0 Å². The molecule has 0 amide bonds. The van der Waals surface area contributed by atoms with Gasteiger partial charge in [-0.3, -0.25) is 5.32 Å². The molecule has 1 unspecified atom stereocenters. The van der Waals surface area contributed by atoms with E-state index in [0.29, 0.717) is 12.6 Å². The zero-order chi connectivity index (χ0) is 12.1. The molecule has 17 heavy (non-hydrogen) atoms. The summed E-state index contributed by atoms with van der Waals surface area (Å²) in [6.07, 6.45) is 2.34. The van der Waals surface area contributed by atoms with E-state index < -0.39 is 0 Å². The van der Waals surface area contributed by atoms with E-state index in [1.807, 2.05) is 6.07 Å². The Hall–Kier alpha value is -1.05. The maximum absolute atomic E-state index is 8.58. The molecule has 2 rings (SSSR count). The fraction of sp³-hybridized carbons (Fsp3) is 0.462. The Morgan fingerprint density at radius 1 is 1.53 bits per heavy atom. The second-order valence-corrected chi connectivity index (χ2v) is 5.22. The van der Waals surface area contributed by atoms with Gasteiger partial charge in [0.05, 0.1) is 12.6 Å². The predicted octanol–water partition coefficient (Wildman–Crippen LogP) is 2.53. The highest BCUT2D eigenvalue weighted by Crippen LogP contribution is 2.23. The molecule has 1 fully saturated rings. The highest BCUT2D eigenvalue weighted by Gasteiger charge is 2.19. The first-order valence-corrected chi connectivity index (χ1v) is 6.70. The second-order valence-electron chi connectivity index (χ2n) is 4.30. The minimum absolute atomic E-state index is 0.433. The minimum atomic E-state index is 0.433. The van der Waals surface area contributed by atoms with Crippen LogP contribution in [0.15, 0.2) is 28.7 Å². The average Bonchev–Trinajstić information content (AvgIpc) is 2.37. The highest BCUT2D eigenvalue weighted by molar-refractivity contribution is 9.10. The molecule has 0 saturated carbocycles. The van der Waals surface area contributed by atoms with Crippen LogP contribution in [-0.2, 0) is 0 Å². The number of nitrogens with zero attached hydrogens (tertiary/aromatic N) is 2. The van der Waals surface area contributed by atoms with Crippen molar-refractivity contribution in [2.75, 3.05) is 24.5 Å². The molecule has 1 atom stereocenters. The van der Waals surface area contributed by atoms with Gasteiger partial charge in [-0.05, 0) is 31.0 Å². The molecule has 4 heteroatoms. The predicted molar refractivity (Wildman–Crippen MR) is 73.0 cm³/mol. The zero-order valence-electron chi connectivity index (χ0n) is 9.69. The molecule has 3 nitrogen and oxygen atoms in total. The van der Waals surface area contributed by atoms with Crippen molar-refractivity contribution in [2.24, 2.45) is 0 Å². The molecule has 0 bridgehead atoms. The third kappa shape index (κ3) is 3.45. The van der Waals surface area contributed by atoms with Crippen LogP contribution >= 0.6 is 15.9 Å². The van der Waals surface area contributed by atoms with Gasteiger partial charge in [0.2, 0.25) is 0 Å². The number of benzene rings is 1. The molecular formula is C13H16BrN3. The topological polar surface area (TPSA) is 39.1 Å². The third-order valence-corrected chi connectivity index (χ3v) is 3.56. The van der Waals surface area contributed by atoms with Crippen LogP contribution in [0.5, 0.6) is 0 Å². The molecule has 1 aromatic rings. The first kappa shape index (κ1) is 12.4. The smallest absolute Gasteiger partial charge is 0.0843 e. The van der Waals surface area contributed by atoms with Crippen LogP contribution in [0.2, 0.25) is 0 Å². The number of nitriles is 1. The number of nitrogens with one attached hydrogen (secondary N) is 1. The van der Waals surface area contributed by atoms with Crippen molar-refractivity contribution < 1.29 is 0 Å². The van der Waals surface area contributed by atoms with E-state index in [2.05, 4.69) is 50.4 Å². The largest absolute Gasteiger partial charge is 0.370 e. The van der Waals surface area contributed by atoms with Crippen molar-refractivity contribution in [3.05, 3.63) is 28.7 Å². The molecule has 1 aliphatic rings. The summed E-state index contributed by atoms with van der Waals surface area (Å²) in [6.45, 7) is 2.52. The van der Waals surface area contributed by atoms with E-state index in [9.17, 15) is 0 Å². The number of halogens is 1. The molecule has 90 valence electrons. The Labute approximate surface area is 111 Å². The number of rotatable bonds is 3. The average molecular weight is 294 g/mol. The van der Waals surface area contributed by atoms with Crippen LogP contribution < -0.4 is 10.2 Å². The Kier molecular flexibility index (Phi) is 4.41. The van der Waals surface area contributed by atoms with Gasteiger partial charge in [0, 0.05) is 29.3 Å². The van der Waals surface area contributed by atoms with Gasteiger partial charge in [-0.25, -0.2) is 0 Å². The van der Waals surface area contributed by atoms with Crippen molar-refractivity contribution in [2.45, 2.75) is 18.9 Å². The van der Waals surface area contributed by atoms with Crippen molar-refractivity contribution >= 4 is 21.6 Å². The summed E-state index contributed by atoms with van der Waals surface area (Å²) in [7, 11) is 0. The maximum Gasteiger partial charge on any atom is 0.0843 e. The number of hydrogen-bond acceptors (Lipinski definition) is 3. The lowest BCUT2D eigenvalue weighted by Gasteiger charge is -2.34. The van der Waals surface area contributed by atoms with Crippen LogP contribution in [0.1, 0.15) is 12.8 Å². The molecule has 1 N–H and O–H groups in total. The zero-order valence-corrected chi connectivity index (χ0v) is 11.3. The Morgan fingerprint density at radius 2 is 2.41 bits per heavy atom. The fourth-order valence-corrected chi connectivity index (χ4v) is 2.63. The molecular weight excluding hydrogens is 278 g/mol. The van der Waals surface area contributed by atoms with E-state index in [1.54, 1.807) is 0 Å². The lowest BCUT2D eigenvalue weighted by molar-refractivity contribution is 0.439. The van der Waals surface area contributed by atoms with Crippen LogP contribution in [-0.4, -0.2) is 25.7 Å². The quantitative estimate of drug-likeness (QED) is 0.871. The highest BCUT2D eigenvalue weighted by atomic mass is 79.9. The van der Waals surface area contributed by atoms with Gasteiger partial charge in [0.25, 0.3) is 0 Å². The monoisotopic (exact) mass is 293 g/mol. The van der Waals surface area contributed by atoms with Gasteiger partial charge in [0.15, 0.2) is 0 Å². The number of hydrogen-bond donors (Lipinski definition) is 1. The Bertz CT molecular complexity index is 413.